The van der Waals surface area contributed by atoms with Crippen LogP contribution in [0.3, 0.4) is 0 Å². The number of nitrogens with zero attached hydrogens (tertiary/aromatic N) is 2. The van der Waals surface area contributed by atoms with Crippen LogP contribution in [0.25, 0.3) is 11.1 Å². The molecule has 4 nitrogen and oxygen atoms in total. The van der Waals surface area contributed by atoms with Crippen LogP contribution in [0, 0.1) is 30.0 Å². The second-order valence-corrected chi connectivity index (χ2v) is 6.97. The van der Waals surface area contributed by atoms with Gasteiger partial charge in [-0.05, 0) is 49.9 Å². The molecule has 1 unspecified atom stereocenters. The maximum absolute atomic E-state index is 14.6. The molecule has 0 aliphatic carbocycles. The van der Waals surface area contributed by atoms with Crippen LogP contribution in [-0.2, 0) is 6.54 Å². The molecule has 130 valence electrons. The Kier molecular flexibility index (Phi) is 5.00. The van der Waals surface area contributed by atoms with Gasteiger partial charge in [0, 0.05) is 29.9 Å². The van der Waals surface area contributed by atoms with Crippen LogP contribution in [0.1, 0.15) is 36.6 Å². The third-order valence-electron chi connectivity index (χ3n) is 4.78. The number of hydrogen-bond donors (Lipinski definition) is 1. The zero-order valence-electron chi connectivity index (χ0n) is 14.6. The fourth-order valence-electron chi connectivity index (χ4n) is 3.54. The first-order valence-corrected chi connectivity index (χ1v) is 8.63. The molecular weight excluding hydrogens is 317 g/mol. The molecular formula is C20H22FN3O. The summed E-state index contributed by atoms with van der Waals surface area (Å²) in [4.78, 5) is 16.8. The molecule has 0 spiro atoms. The lowest BCUT2D eigenvalue weighted by Crippen LogP contribution is -2.33. The summed E-state index contributed by atoms with van der Waals surface area (Å²) in [5.41, 5.74) is 1.90. The highest BCUT2D eigenvalue weighted by atomic mass is 19.1. The monoisotopic (exact) mass is 339 g/mol. The summed E-state index contributed by atoms with van der Waals surface area (Å²) < 4.78 is 14.6. The zero-order chi connectivity index (χ0) is 18.0. The minimum absolute atomic E-state index is 0.0163. The Balaban J connectivity index is 1.90. The number of benzene rings is 1. The van der Waals surface area contributed by atoms with Gasteiger partial charge in [-0.25, -0.2) is 4.39 Å². The van der Waals surface area contributed by atoms with Crippen LogP contribution < -0.4 is 5.56 Å². The first-order valence-electron chi connectivity index (χ1n) is 8.63. The van der Waals surface area contributed by atoms with Crippen LogP contribution >= 0.6 is 0 Å². The number of rotatable bonds is 3. The normalized spacial score (nSPS) is 18.1. The van der Waals surface area contributed by atoms with Gasteiger partial charge in [0.05, 0.1) is 0 Å². The number of pyridine rings is 1. The third-order valence-corrected chi connectivity index (χ3v) is 4.78. The Labute approximate surface area is 146 Å². The number of piperidine rings is 1. The van der Waals surface area contributed by atoms with Crippen molar-refractivity contribution in [3.63, 3.8) is 0 Å². The lowest BCUT2D eigenvalue weighted by molar-refractivity contribution is 0.175. The maximum atomic E-state index is 14.6. The minimum atomic E-state index is -0.440. The van der Waals surface area contributed by atoms with E-state index in [1.165, 1.54) is 12.5 Å². The maximum Gasteiger partial charge on any atom is 0.266 e. The van der Waals surface area contributed by atoms with Crippen molar-refractivity contribution >= 4 is 0 Å². The molecule has 1 aliphatic heterocycles. The lowest BCUT2D eigenvalue weighted by Gasteiger charge is -2.30. The second-order valence-electron chi connectivity index (χ2n) is 6.97. The van der Waals surface area contributed by atoms with Gasteiger partial charge in [0.1, 0.15) is 17.4 Å². The summed E-state index contributed by atoms with van der Waals surface area (Å²) in [5, 5.41) is 9.25. The van der Waals surface area contributed by atoms with Gasteiger partial charge in [0.25, 0.3) is 5.56 Å². The lowest BCUT2D eigenvalue weighted by atomic mass is 9.98. The Bertz CT molecular complexity index is 881. The Morgan fingerprint density at radius 1 is 1.40 bits per heavy atom. The van der Waals surface area contributed by atoms with Gasteiger partial charge >= 0.3 is 0 Å². The van der Waals surface area contributed by atoms with E-state index in [0.717, 1.165) is 19.5 Å². The number of aryl methyl sites for hydroxylation is 1. The van der Waals surface area contributed by atoms with E-state index in [1.807, 2.05) is 6.07 Å². The second kappa shape index (κ2) is 7.20. The predicted molar refractivity (Wildman–Crippen MR) is 95.6 cm³/mol. The molecule has 0 bridgehead atoms. The number of nitriles is 1. The van der Waals surface area contributed by atoms with E-state index < -0.39 is 5.56 Å². The molecule has 0 radical (unpaired) electrons. The number of halogens is 1. The average Bonchev–Trinajstić information content (AvgIpc) is 2.56. The largest absolute Gasteiger partial charge is 0.325 e. The van der Waals surface area contributed by atoms with Gasteiger partial charge < -0.3 is 4.98 Å². The molecule has 25 heavy (non-hydrogen) atoms. The van der Waals surface area contributed by atoms with Gasteiger partial charge in [-0.1, -0.05) is 19.1 Å². The van der Waals surface area contributed by atoms with Crippen LogP contribution in [0.2, 0.25) is 0 Å². The number of aromatic nitrogens is 1. The summed E-state index contributed by atoms with van der Waals surface area (Å²) in [6, 6.07) is 8.62. The van der Waals surface area contributed by atoms with Crippen LogP contribution in [0.4, 0.5) is 4.39 Å². The first-order chi connectivity index (χ1) is 12.0. The van der Waals surface area contributed by atoms with Gasteiger partial charge in [0.2, 0.25) is 0 Å². The Morgan fingerprint density at radius 3 is 2.88 bits per heavy atom. The van der Waals surface area contributed by atoms with Crippen LogP contribution in [-0.4, -0.2) is 23.0 Å². The van der Waals surface area contributed by atoms with Crippen molar-refractivity contribution in [3.8, 4) is 17.2 Å². The van der Waals surface area contributed by atoms with Gasteiger partial charge in [-0.15, -0.1) is 0 Å². The van der Waals surface area contributed by atoms with E-state index in [4.69, 9.17) is 0 Å². The fraction of sp³-hybridized carbons (Fsp3) is 0.400. The molecule has 3 rings (SSSR count). The molecule has 1 aliphatic rings. The number of hydrogen-bond acceptors (Lipinski definition) is 3. The van der Waals surface area contributed by atoms with Gasteiger partial charge in [-0.3, -0.25) is 9.69 Å². The summed E-state index contributed by atoms with van der Waals surface area (Å²) in [6.07, 6.45) is 2.38. The van der Waals surface area contributed by atoms with E-state index in [9.17, 15) is 14.4 Å². The fourth-order valence-corrected chi connectivity index (χ4v) is 3.54. The van der Waals surface area contributed by atoms with Crippen molar-refractivity contribution in [1.29, 1.82) is 5.26 Å². The highest BCUT2D eigenvalue weighted by molar-refractivity contribution is 5.70. The minimum Gasteiger partial charge on any atom is -0.325 e. The Hall–Kier alpha value is -2.45. The molecule has 1 aromatic heterocycles. The average molecular weight is 339 g/mol. The van der Waals surface area contributed by atoms with Crippen LogP contribution in [0.5, 0.6) is 0 Å². The molecule has 0 saturated carbocycles. The van der Waals surface area contributed by atoms with E-state index in [1.54, 1.807) is 25.1 Å². The molecule has 1 atom stereocenters. The van der Waals surface area contributed by atoms with E-state index in [-0.39, 0.29) is 11.4 Å². The predicted octanol–water partition coefficient (Wildman–Crippen LogP) is 3.59. The highest BCUT2D eigenvalue weighted by Crippen LogP contribution is 2.26. The molecule has 0 amide bonds. The summed E-state index contributed by atoms with van der Waals surface area (Å²) in [6.45, 7) is 6.55. The number of nitrogens with one attached hydrogen (secondary N) is 1. The summed E-state index contributed by atoms with van der Waals surface area (Å²) in [5.74, 6) is 0.353. The van der Waals surface area contributed by atoms with Crippen molar-refractivity contribution in [2.75, 3.05) is 13.1 Å². The molecule has 2 heterocycles. The summed E-state index contributed by atoms with van der Waals surface area (Å²) >= 11 is 0. The highest BCUT2D eigenvalue weighted by Gasteiger charge is 2.18. The molecule has 1 fully saturated rings. The van der Waals surface area contributed by atoms with Gasteiger partial charge in [0.15, 0.2) is 0 Å². The van der Waals surface area contributed by atoms with Crippen molar-refractivity contribution in [2.24, 2.45) is 5.92 Å². The van der Waals surface area contributed by atoms with Crippen molar-refractivity contribution in [2.45, 2.75) is 33.2 Å². The molecule has 1 N–H and O–H groups in total. The van der Waals surface area contributed by atoms with E-state index in [0.29, 0.717) is 34.8 Å². The SMILES string of the molecule is Cc1cc(-c2ccc(CN3CCCC(C)C3)c(F)c2)c(C#N)c(=O)[nH]1. The first kappa shape index (κ1) is 17.4. The quantitative estimate of drug-likeness (QED) is 0.929. The number of H-pyrrole nitrogens is 1. The molecule has 5 heteroatoms. The third kappa shape index (κ3) is 3.80. The summed E-state index contributed by atoms with van der Waals surface area (Å²) in [7, 11) is 0. The van der Waals surface area contributed by atoms with Crippen molar-refractivity contribution in [1.82, 2.24) is 9.88 Å². The van der Waals surface area contributed by atoms with E-state index in [2.05, 4.69) is 16.8 Å². The van der Waals surface area contributed by atoms with Crippen LogP contribution in [0.15, 0.2) is 29.1 Å². The molecule has 1 aromatic carbocycles. The standard InChI is InChI=1S/C20H22FN3O/c1-13-4-3-7-24(11-13)12-16-6-5-15(9-19(16)21)17-8-14(2)23-20(25)18(17)10-22/h5-6,8-9,13H,3-4,7,11-12H2,1-2H3,(H,23,25). The zero-order valence-corrected chi connectivity index (χ0v) is 14.6. The number of likely N-dealkylation sites (tertiary alicyclic amines) is 1. The molecule has 2 aromatic rings. The van der Waals surface area contributed by atoms with Crippen molar-refractivity contribution < 1.29 is 4.39 Å². The van der Waals surface area contributed by atoms with E-state index >= 15 is 0 Å². The number of aromatic amines is 1. The van der Waals surface area contributed by atoms with Crippen molar-refractivity contribution in [3.05, 3.63) is 57.3 Å². The Morgan fingerprint density at radius 2 is 2.20 bits per heavy atom. The molecule has 1 saturated heterocycles. The van der Waals surface area contributed by atoms with Gasteiger partial charge in [-0.2, -0.15) is 5.26 Å². The smallest absolute Gasteiger partial charge is 0.266 e. The topological polar surface area (TPSA) is 59.9 Å².